The van der Waals surface area contributed by atoms with Crippen LogP contribution in [-0.2, 0) is 5.41 Å². The van der Waals surface area contributed by atoms with Crippen LogP contribution >= 0.6 is 0 Å². The van der Waals surface area contributed by atoms with Crippen molar-refractivity contribution in [3.63, 3.8) is 0 Å². The molecule has 6 heterocycles. The summed E-state index contributed by atoms with van der Waals surface area (Å²) in [4.78, 5) is 0. The van der Waals surface area contributed by atoms with Crippen molar-refractivity contribution in [3.8, 4) is 45.0 Å². The number of para-hydroxylation sites is 6. The van der Waals surface area contributed by atoms with E-state index in [-0.39, 0.29) is 26.9 Å². The molecule has 0 atom stereocenters. The molecule has 0 amide bonds. The van der Waals surface area contributed by atoms with Gasteiger partial charge in [0.05, 0.1) is 49.5 Å². The smallest absolute Gasteiger partial charge is 0.240 e. The highest BCUT2D eigenvalue weighted by Crippen LogP contribution is 2.63. The number of hydrogen-bond acceptors (Lipinski definition) is 0. The number of nitrogens with zero attached hydrogens (tertiary/aromatic N) is 4. The maximum Gasteiger partial charge on any atom is 0.240 e. The standard InChI is InChI=1S/C109H68B4N4/c1-5-29-69(30-6-1)110-91-43-19-21-45-93(91)112(71-33-9-3-10-34-71)107-95(110)61-59-89-105(107)85-67-73(116-101-51-27-17-41-81(101)83-65-75(55-63-103(83)116)114-97-47-23-13-37-77(97)78-38-14-24-48-98(78)114)53-57-87(85)109(89)88-58-54-74(117-102-52-28-18-42-82(102)84-66-76(56-64-104(84)117)115-99-49-25-15-39-79(99)80-40-16-26-50-100(80)115)68-86(88)106-90(109)60-62-96-108(106)113(72-35-11-4-12-36-72)94-46-22-20-44-92(94)111(96)70-31-7-2-8-32-70/h1-68H. The first-order chi connectivity index (χ1) is 58.1. The molecule has 0 unspecified atom stereocenters. The van der Waals surface area contributed by atoms with Crippen LogP contribution in [-0.4, -0.2) is 45.1 Å². The molecule has 2 aliphatic carbocycles. The third-order valence-corrected chi connectivity index (χ3v) is 27.2. The van der Waals surface area contributed by atoms with Gasteiger partial charge in [0.15, 0.2) is 0 Å². The van der Waals surface area contributed by atoms with Gasteiger partial charge in [0.2, 0.25) is 26.9 Å². The van der Waals surface area contributed by atoms with E-state index in [1.54, 1.807) is 0 Å². The lowest BCUT2D eigenvalue weighted by Gasteiger charge is -2.36. The topological polar surface area (TPSA) is 19.7 Å². The summed E-state index contributed by atoms with van der Waals surface area (Å²) in [6, 6.07) is 158. The van der Waals surface area contributed by atoms with Gasteiger partial charge in [-0.1, -0.05) is 381 Å². The van der Waals surface area contributed by atoms with Crippen LogP contribution < -0.4 is 65.6 Å². The molecule has 0 fully saturated rings. The van der Waals surface area contributed by atoms with Crippen LogP contribution in [0.5, 0.6) is 0 Å². The lowest BCUT2D eigenvalue weighted by Crippen LogP contribution is -2.75. The maximum atomic E-state index is 2.63. The second-order valence-corrected chi connectivity index (χ2v) is 32.7. The zero-order valence-electron chi connectivity index (χ0n) is 63.9. The molecule has 4 nitrogen and oxygen atoms in total. The molecule has 18 aromatic carbocycles. The van der Waals surface area contributed by atoms with E-state index in [1.165, 1.54) is 186 Å². The molecule has 0 N–H and O–H groups in total. The Hall–Kier alpha value is -14.6. The number of hydrogen-bond donors (Lipinski definition) is 0. The Morgan fingerprint density at radius 1 is 0.171 bits per heavy atom. The van der Waals surface area contributed by atoms with Crippen LogP contribution in [0, 0.1) is 0 Å². The van der Waals surface area contributed by atoms with Crippen molar-refractivity contribution in [2.45, 2.75) is 5.41 Å². The first-order valence-corrected chi connectivity index (χ1v) is 41.2. The van der Waals surface area contributed by atoms with Crippen LogP contribution in [0.4, 0.5) is 0 Å². The largest absolute Gasteiger partial charge is 0.309 e. The van der Waals surface area contributed by atoms with Gasteiger partial charge in [-0.3, -0.25) is 0 Å². The van der Waals surface area contributed by atoms with Crippen LogP contribution in [0.2, 0.25) is 0 Å². The third-order valence-electron chi connectivity index (χ3n) is 27.2. The highest BCUT2D eigenvalue weighted by Gasteiger charge is 2.57. The van der Waals surface area contributed by atoms with E-state index in [1.807, 2.05) is 0 Å². The van der Waals surface area contributed by atoms with Crippen LogP contribution in [0.15, 0.2) is 413 Å². The first-order valence-electron chi connectivity index (χ1n) is 41.2. The molecule has 8 heteroatoms. The molecule has 2 aliphatic heterocycles. The summed E-state index contributed by atoms with van der Waals surface area (Å²) < 4.78 is 10.1. The summed E-state index contributed by atoms with van der Waals surface area (Å²) in [5.74, 6) is 0. The minimum absolute atomic E-state index is 0.0458. The second kappa shape index (κ2) is 24.7. The highest BCUT2D eigenvalue weighted by molar-refractivity contribution is 7.13. The summed E-state index contributed by atoms with van der Waals surface area (Å²) >= 11 is 0. The SMILES string of the molecule is c1ccc(B2c3ccccc3B(c3ccccc3)c3c2ccc2c3-c3cc(-n4c5ccccc5c5cc(-n6c7ccccc7c7ccccc76)ccc54)ccc3C23c2ccc(-n4c5ccccc5c5cc(-n6c7ccccc7c7ccccc76)ccc54)cc2-c2c3ccc3c2B(c2ccccc2)c2ccccc2B3c2ccccc2)cc1. The van der Waals surface area contributed by atoms with Gasteiger partial charge in [0.1, 0.15) is 0 Å². The molecular formula is C109H68B4N4. The van der Waals surface area contributed by atoms with E-state index in [2.05, 4.69) is 431 Å². The van der Waals surface area contributed by atoms with Gasteiger partial charge >= 0.3 is 0 Å². The average molecular weight is 1480 g/mol. The molecule has 0 saturated carbocycles. The second-order valence-electron chi connectivity index (χ2n) is 32.7. The quantitative estimate of drug-likeness (QED) is 0.135. The number of benzene rings is 18. The van der Waals surface area contributed by atoms with Crippen molar-refractivity contribution in [2.75, 3.05) is 0 Å². The average Bonchev–Trinajstić information content (AvgIpc) is 1.49. The van der Waals surface area contributed by atoms with E-state index in [0.29, 0.717) is 0 Å². The van der Waals surface area contributed by atoms with Gasteiger partial charge in [-0.15, -0.1) is 0 Å². The fourth-order valence-corrected chi connectivity index (χ4v) is 22.8. The molecule has 536 valence electrons. The Balaban J connectivity index is 0.786. The zero-order valence-corrected chi connectivity index (χ0v) is 63.9. The molecule has 117 heavy (non-hydrogen) atoms. The summed E-state index contributed by atoms with van der Waals surface area (Å²) in [6.07, 6.45) is 0. The van der Waals surface area contributed by atoms with Gasteiger partial charge in [-0.2, -0.15) is 0 Å². The normalized spacial score (nSPS) is 13.5. The molecule has 26 rings (SSSR count). The van der Waals surface area contributed by atoms with Gasteiger partial charge < -0.3 is 18.3 Å². The molecule has 4 aliphatic rings. The summed E-state index contributed by atoms with van der Waals surface area (Å²) in [5.41, 5.74) is 39.4. The first kappa shape index (κ1) is 64.9. The van der Waals surface area contributed by atoms with Crippen LogP contribution in [0.3, 0.4) is 0 Å². The van der Waals surface area contributed by atoms with Crippen molar-refractivity contribution in [1.82, 2.24) is 18.3 Å². The fourth-order valence-electron chi connectivity index (χ4n) is 22.8. The van der Waals surface area contributed by atoms with Gasteiger partial charge in [0, 0.05) is 65.8 Å². The van der Waals surface area contributed by atoms with E-state index in [0.717, 1.165) is 33.8 Å². The summed E-state index contributed by atoms with van der Waals surface area (Å²) in [5, 5.41) is 9.85. The number of rotatable bonds is 8. The van der Waals surface area contributed by atoms with Crippen LogP contribution in [0.25, 0.3) is 132 Å². The van der Waals surface area contributed by atoms with E-state index in [9.17, 15) is 0 Å². The predicted octanol–water partition coefficient (Wildman–Crippen LogP) is 17.1. The molecule has 0 radical (unpaired) electrons. The van der Waals surface area contributed by atoms with E-state index < -0.39 is 5.41 Å². The van der Waals surface area contributed by atoms with Crippen molar-refractivity contribution in [1.29, 1.82) is 0 Å². The Kier molecular flexibility index (Phi) is 13.7. The Morgan fingerprint density at radius 3 is 0.735 bits per heavy atom. The Morgan fingerprint density at radius 2 is 0.410 bits per heavy atom. The van der Waals surface area contributed by atoms with E-state index in [4.69, 9.17) is 0 Å². The number of fused-ring (bicyclic) bond motifs is 28. The van der Waals surface area contributed by atoms with E-state index >= 15 is 0 Å². The molecule has 0 bridgehead atoms. The lowest BCUT2D eigenvalue weighted by molar-refractivity contribution is 0.794. The zero-order chi connectivity index (χ0) is 76.3. The monoisotopic (exact) mass is 1480 g/mol. The molecular weight excluding hydrogens is 1410 g/mol. The van der Waals surface area contributed by atoms with Crippen molar-refractivity contribution >= 4 is 180 Å². The molecule has 4 aromatic heterocycles. The minimum atomic E-state index is -0.840. The molecule has 0 saturated heterocycles. The predicted molar refractivity (Wildman–Crippen MR) is 497 cm³/mol. The van der Waals surface area contributed by atoms with Crippen molar-refractivity contribution in [2.24, 2.45) is 0 Å². The van der Waals surface area contributed by atoms with Crippen LogP contribution in [0.1, 0.15) is 22.3 Å². The Bertz CT molecular complexity index is 7410. The number of aromatic nitrogens is 4. The van der Waals surface area contributed by atoms with Gasteiger partial charge in [-0.25, -0.2) is 0 Å². The maximum absolute atomic E-state index is 2.63. The Labute approximate surface area is 678 Å². The van der Waals surface area contributed by atoms with Crippen molar-refractivity contribution in [3.05, 3.63) is 435 Å². The molecule has 22 aromatic rings. The fraction of sp³-hybridized carbons (Fsp3) is 0.00917. The third kappa shape index (κ3) is 8.91. The van der Waals surface area contributed by atoms with Crippen molar-refractivity contribution < 1.29 is 0 Å². The van der Waals surface area contributed by atoms with Gasteiger partial charge in [-0.05, 0) is 142 Å². The lowest BCUT2D eigenvalue weighted by atomic mass is 9.20. The minimum Gasteiger partial charge on any atom is -0.309 e. The highest BCUT2D eigenvalue weighted by atomic mass is 15.0. The molecule has 1 spiro atoms. The summed E-state index contributed by atoms with van der Waals surface area (Å²) in [6.45, 7) is -0.325. The van der Waals surface area contributed by atoms with Gasteiger partial charge in [0.25, 0.3) is 0 Å². The summed E-state index contributed by atoms with van der Waals surface area (Å²) in [7, 11) is 0.